The number of amides is 4. The lowest BCUT2D eigenvalue weighted by atomic mass is 9.36. The van der Waals surface area contributed by atoms with E-state index in [0.717, 1.165) is 88.6 Å². The average Bonchev–Trinajstić information content (AvgIpc) is 1.55. The molecule has 23 heteroatoms. The van der Waals surface area contributed by atoms with Crippen LogP contribution in [0.5, 0.6) is 0 Å². The average molecular weight is 1140 g/mol. The summed E-state index contributed by atoms with van der Waals surface area (Å²) in [6.07, 6.45) is 4.67. The minimum Gasteiger partial charge on any atom is -0.459 e. The van der Waals surface area contributed by atoms with Crippen molar-refractivity contribution in [2.45, 2.75) is 241 Å². The molecule has 0 unspecified atom stereocenters. The number of unbranched alkanes of at least 4 members (excludes halogenated alkanes) is 9. The van der Waals surface area contributed by atoms with Crippen molar-refractivity contribution < 1.29 is 73.2 Å². The zero-order valence-corrected chi connectivity index (χ0v) is 48.1. The molecule has 10 fully saturated rings. The molecule has 0 radical (unpaired) electrons. The molecule has 11 rings (SSSR count). The highest BCUT2D eigenvalue weighted by molar-refractivity contribution is 8.00. The van der Waals surface area contributed by atoms with Gasteiger partial charge in [0, 0.05) is 71.8 Å². The Kier molecular flexibility index (Phi) is 15.2. The number of hydrogen-bond acceptors (Lipinski definition) is 18. The molecule has 22 nitrogen and oxygen atoms in total. The monoisotopic (exact) mass is 1140 g/mol. The maximum Gasteiger partial charge on any atom is 0.341 e. The number of thioether (sulfide) groups is 1. The van der Waals surface area contributed by atoms with Crippen molar-refractivity contribution in [2.75, 3.05) is 5.75 Å². The van der Waals surface area contributed by atoms with Crippen LogP contribution in [0.4, 0.5) is 4.79 Å². The number of urea groups is 1. The topological polar surface area (TPSA) is 326 Å². The molecule has 24 atom stereocenters. The lowest BCUT2D eigenvalue weighted by molar-refractivity contribution is -0.298. The second-order valence-corrected chi connectivity index (χ2v) is 27.8. The zero-order valence-electron chi connectivity index (χ0n) is 47.3. The number of Topliss-reactive ketones (excluding diaryl/α,β-unsaturated/α-hetero) is 1. The van der Waals surface area contributed by atoms with Gasteiger partial charge in [-0.05, 0) is 64.7 Å². The minimum atomic E-state index is -2.21. The van der Waals surface area contributed by atoms with Gasteiger partial charge in [0.15, 0.2) is 5.60 Å². The third-order valence-electron chi connectivity index (χ3n) is 22.6. The summed E-state index contributed by atoms with van der Waals surface area (Å²) >= 11 is 1.88. The first-order valence-electron chi connectivity index (χ1n) is 29.7. The molecule has 5 saturated carbocycles. The van der Waals surface area contributed by atoms with Gasteiger partial charge in [-0.3, -0.25) is 23.9 Å². The van der Waals surface area contributed by atoms with Gasteiger partial charge in [-0.2, -0.15) is 11.8 Å². The van der Waals surface area contributed by atoms with E-state index in [1.54, 1.807) is 13.8 Å². The maximum atomic E-state index is 14.9. The fourth-order valence-corrected chi connectivity index (χ4v) is 19.9. The molecule has 5 aliphatic heterocycles. The number of aliphatic hydroxyl groups excluding tert-OH is 4. The van der Waals surface area contributed by atoms with Crippen LogP contribution in [0.1, 0.15) is 150 Å². The summed E-state index contributed by atoms with van der Waals surface area (Å²) < 4.78 is 26.1. The van der Waals surface area contributed by atoms with E-state index in [9.17, 15) is 54.3 Å². The van der Waals surface area contributed by atoms with Crippen LogP contribution in [0.3, 0.4) is 0 Å². The van der Waals surface area contributed by atoms with Crippen LogP contribution in [0.2, 0.25) is 0 Å². The Labute approximate surface area is 471 Å². The molecule has 1 aromatic rings. The van der Waals surface area contributed by atoms with Crippen LogP contribution < -0.4 is 21.3 Å². The number of esters is 2. The number of fused-ring (bicyclic) bond motifs is 10. The number of aliphatic hydroxyl groups is 5. The summed E-state index contributed by atoms with van der Waals surface area (Å²) in [6.45, 7) is 12.0. The molecule has 9 N–H and O–H groups in total. The molecule has 1 spiro atoms. The summed E-state index contributed by atoms with van der Waals surface area (Å²) in [5.74, 6) is -9.57. The minimum absolute atomic E-state index is 0.00694. The molecule has 0 aromatic carbocycles. The van der Waals surface area contributed by atoms with Gasteiger partial charge in [-0.1, -0.05) is 77.4 Å². The fourth-order valence-electron chi connectivity index (χ4n) is 18.4. The fraction of sp³-hybridized carbons (Fsp3) is 0.860. The van der Waals surface area contributed by atoms with E-state index < -0.39 is 135 Å². The van der Waals surface area contributed by atoms with Crippen molar-refractivity contribution in [3.05, 3.63) is 11.9 Å². The Morgan fingerprint density at radius 2 is 1.52 bits per heavy atom. The van der Waals surface area contributed by atoms with Gasteiger partial charge in [0.25, 0.3) is 0 Å². The van der Waals surface area contributed by atoms with Crippen molar-refractivity contribution >= 4 is 47.3 Å². The number of ether oxygens (including phenoxy) is 4. The number of ketones is 1. The number of epoxide rings is 2. The van der Waals surface area contributed by atoms with E-state index >= 15 is 0 Å². The lowest BCUT2D eigenvalue weighted by Gasteiger charge is -2.70. The number of aromatic nitrogens is 3. The van der Waals surface area contributed by atoms with Gasteiger partial charge in [-0.15, -0.1) is 5.10 Å². The Balaban J connectivity index is 0.673. The number of rotatable bonds is 22. The normalized spacial score (nSPS) is 46.6. The number of carbonyl (C=O) groups excluding carboxylic acids is 6. The molecule has 1 aromatic heterocycles. The Bertz CT molecular complexity index is 2610. The first kappa shape index (κ1) is 57.8. The standard InChI is InChI=1S/C57H85N7O15S/c1-27-37-40(54(6)55(7,75)50(73)79-57(54)49(27)78-57)43(70)38-36-39(45(76-29(3)66)48(72)56(37,38)28(2)65)53(5)47(71)44-32(77-44)23-52(53,4)46(42(36)69)60-35(68)21-15-13-11-9-8-10-12-14-18-22-64-25-30(62-63-64)24-58-34(67)20-17-16-19-33-41-31(26-80-33)59-51(74)61-41/h25,27,31-33,36-49,69-72,75H,8-24,26H2,1-7H3,(H,58,67)(H,60,68)(H2,59,61,74)/t27-,31-,32-,33-,36-,37-,38+,39+,40-,41-,42+,43+,44-,45-,46-,47-,48-,49+,52+,53-,54-,55+,56+,57-/m0/s1. The van der Waals surface area contributed by atoms with Crippen LogP contribution in [0.15, 0.2) is 6.20 Å². The highest BCUT2D eigenvalue weighted by atomic mass is 32.2. The molecule has 80 heavy (non-hydrogen) atoms. The zero-order chi connectivity index (χ0) is 57.2. The molecule has 10 aliphatic rings. The smallest absolute Gasteiger partial charge is 0.341 e. The van der Waals surface area contributed by atoms with Crippen LogP contribution in [-0.2, 0) is 56.0 Å². The van der Waals surface area contributed by atoms with Crippen LogP contribution in [0, 0.1) is 57.2 Å². The third kappa shape index (κ3) is 8.62. The van der Waals surface area contributed by atoms with E-state index in [2.05, 4.69) is 31.6 Å². The van der Waals surface area contributed by atoms with Gasteiger partial charge in [0.05, 0.1) is 66.1 Å². The Morgan fingerprint density at radius 1 is 0.850 bits per heavy atom. The Morgan fingerprint density at radius 3 is 2.23 bits per heavy atom. The molecular weight excluding hydrogens is 1050 g/mol. The van der Waals surface area contributed by atoms with Crippen LogP contribution >= 0.6 is 11.8 Å². The highest BCUT2D eigenvalue weighted by Gasteiger charge is 2.94. The van der Waals surface area contributed by atoms with Gasteiger partial charge < -0.3 is 65.7 Å². The van der Waals surface area contributed by atoms with Crippen molar-refractivity contribution in [2.24, 2.45) is 57.2 Å². The van der Waals surface area contributed by atoms with E-state index in [0.29, 0.717) is 31.1 Å². The number of aryl methyl sites for hydroxylation is 1. The largest absolute Gasteiger partial charge is 0.459 e. The number of hydrogen-bond donors (Lipinski definition) is 9. The summed E-state index contributed by atoms with van der Waals surface area (Å²) in [4.78, 5) is 80.1. The molecule has 5 aliphatic carbocycles. The van der Waals surface area contributed by atoms with Crippen molar-refractivity contribution in [3.8, 4) is 0 Å². The molecular formula is C57H85N7O15S. The summed E-state index contributed by atoms with van der Waals surface area (Å²) in [5, 5.41) is 85.2. The number of nitrogens with one attached hydrogen (secondary N) is 4. The van der Waals surface area contributed by atoms with Gasteiger partial charge in [0.1, 0.15) is 35.9 Å². The van der Waals surface area contributed by atoms with Crippen molar-refractivity contribution in [3.63, 3.8) is 0 Å². The number of carbonyl (C=O) groups is 6. The molecule has 4 amide bonds. The number of nitrogens with zero attached hydrogens (tertiary/aromatic N) is 3. The quantitative estimate of drug-likeness (QED) is 0.0348. The maximum absolute atomic E-state index is 14.9. The van der Waals surface area contributed by atoms with Gasteiger partial charge >= 0.3 is 18.0 Å². The van der Waals surface area contributed by atoms with E-state index in [4.69, 9.17) is 18.9 Å². The molecule has 5 saturated heterocycles. The molecule has 0 bridgehead atoms. The second kappa shape index (κ2) is 21.0. The first-order valence-corrected chi connectivity index (χ1v) is 30.8. The molecule has 6 heterocycles. The van der Waals surface area contributed by atoms with E-state index in [-0.39, 0.29) is 42.5 Å². The van der Waals surface area contributed by atoms with E-state index in [1.807, 2.05) is 36.5 Å². The first-order chi connectivity index (χ1) is 37.9. The predicted octanol–water partition coefficient (Wildman–Crippen LogP) is 2.32. The highest BCUT2D eigenvalue weighted by Crippen LogP contribution is 2.81. The van der Waals surface area contributed by atoms with Gasteiger partial charge in [0.2, 0.25) is 17.6 Å². The lowest BCUT2D eigenvalue weighted by Crippen LogP contribution is -2.80. The summed E-state index contributed by atoms with van der Waals surface area (Å²) in [5.41, 5.74) is -7.57. The summed E-state index contributed by atoms with van der Waals surface area (Å²) in [6, 6.07) is -0.748. The summed E-state index contributed by atoms with van der Waals surface area (Å²) in [7, 11) is 0. The predicted molar refractivity (Wildman–Crippen MR) is 285 cm³/mol. The van der Waals surface area contributed by atoms with Gasteiger partial charge in [-0.25, -0.2) is 9.59 Å². The second-order valence-electron chi connectivity index (χ2n) is 26.5. The Hall–Kier alpha value is -3.97. The van der Waals surface area contributed by atoms with Crippen molar-refractivity contribution in [1.82, 2.24) is 36.3 Å². The van der Waals surface area contributed by atoms with Crippen molar-refractivity contribution in [1.29, 1.82) is 0 Å². The third-order valence-corrected chi connectivity index (χ3v) is 24.1. The van der Waals surface area contributed by atoms with E-state index in [1.165, 1.54) is 20.8 Å². The van der Waals surface area contributed by atoms with Crippen LogP contribution in [-0.4, -0.2) is 165 Å². The van der Waals surface area contributed by atoms with Crippen LogP contribution in [0.25, 0.3) is 0 Å². The SMILES string of the molecule is CC(=O)O[C@H]1[C@H]2[C@@H]([C@@H](O)[C@H](NC(=O)CCCCCCCCCCCn3cc(CNC(=O)CCCC[C@@H]4SC[C@@H]5NC(=O)N[C@@H]54)nn3)[C@@]3(C)C[C@@H]4O[C@@H]4[C@H](O)[C@]23C)[C@@H]2[C@@H](O)[C@@H]3[C@H]([C@H](C)[C@H]4O[C@]45OC(=O)[C@@](C)(O)[C@]35C)[C@@]2(C(C)=O)[C@H]1O. The molecule has 444 valence electrons.